The van der Waals surface area contributed by atoms with Crippen LogP contribution in [0, 0.1) is 5.41 Å². The first-order valence-electron chi connectivity index (χ1n) is 7.59. The SMILES string of the molecule is CC(C)(C)C(=O)Oc1ccc(S(=O)(=O)C(=[N+]=[N-])S(=O)(=O)C(C)(C)C)cc1. The number of esters is 1. The van der Waals surface area contributed by atoms with Crippen molar-refractivity contribution in [2.75, 3.05) is 0 Å². The molecule has 0 unspecified atom stereocenters. The van der Waals surface area contributed by atoms with Gasteiger partial charge in [0.25, 0.3) is 19.7 Å². The van der Waals surface area contributed by atoms with Gasteiger partial charge in [-0.1, -0.05) is 0 Å². The van der Waals surface area contributed by atoms with Crippen molar-refractivity contribution < 1.29 is 31.2 Å². The zero-order valence-corrected chi connectivity index (χ0v) is 17.1. The molecule has 1 aromatic rings. The fourth-order valence-electron chi connectivity index (χ4n) is 1.56. The van der Waals surface area contributed by atoms with Gasteiger partial charge in [0.05, 0.1) is 15.1 Å². The third kappa shape index (κ3) is 4.38. The summed E-state index contributed by atoms with van der Waals surface area (Å²) >= 11 is 0. The number of sulfone groups is 2. The molecule has 0 aliphatic rings. The van der Waals surface area contributed by atoms with Gasteiger partial charge >= 0.3 is 10.3 Å². The zero-order valence-electron chi connectivity index (χ0n) is 15.5. The lowest BCUT2D eigenvalue weighted by molar-refractivity contribution is -0.143. The number of hydrogen-bond acceptors (Lipinski definition) is 6. The highest BCUT2D eigenvalue weighted by atomic mass is 32.3. The minimum Gasteiger partial charge on any atom is -0.426 e. The van der Waals surface area contributed by atoms with Gasteiger partial charge in [-0.15, -0.1) is 4.79 Å². The summed E-state index contributed by atoms with van der Waals surface area (Å²) in [5.41, 5.74) is 8.30. The van der Waals surface area contributed by atoms with Gasteiger partial charge in [0.15, 0.2) is 0 Å². The standard InChI is InChI=1S/C16H22N2O6S2/c1-15(2,3)13(19)24-11-7-9-12(10-8-11)25(20,21)14(18-17)26(22,23)16(4,5)6/h7-10H,1-6H3. The fourth-order valence-corrected chi connectivity index (χ4v) is 5.19. The normalized spacial score (nSPS) is 13.0. The van der Waals surface area contributed by atoms with Gasteiger partial charge in [-0.3, -0.25) is 4.79 Å². The maximum Gasteiger partial charge on any atom is 0.500 e. The highest BCUT2D eigenvalue weighted by Gasteiger charge is 2.49. The Morgan fingerprint density at radius 2 is 1.42 bits per heavy atom. The van der Waals surface area contributed by atoms with Crippen molar-refractivity contribution in [2.45, 2.75) is 51.2 Å². The molecule has 0 bridgehead atoms. The largest absolute Gasteiger partial charge is 0.500 e. The van der Waals surface area contributed by atoms with Crippen LogP contribution in [0.25, 0.3) is 5.53 Å². The Kier molecular flexibility index (Phi) is 5.88. The Morgan fingerprint density at radius 3 is 1.77 bits per heavy atom. The molecule has 0 N–H and O–H groups in total. The van der Waals surface area contributed by atoms with Crippen LogP contribution in [0.5, 0.6) is 5.75 Å². The number of carbonyl (C=O) groups is 1. The van der Waals surface area contributed by atoms with E-state index in [1.165, 1.54) is 32.9 Å². The van der Waals surface area contributed by atoms with Crippen molar-refractivity contribution in [3.8, 4) is 5.75 Å². The Bertz CT molecular complexity index is 957. The van der Waals surface area contributed by atoms with Crippen LogP contribution >= 0.6 is 0 Å². The molecule has 0 aliphatic carbocycles. The maximum absolute atomic E-state index is 12.6. The number of nitrogens with zero attached hydrogens (tertiary/aromatic N) is 2. The van der Waals surface area contributed by atoms with Crippen LogP contribution in [0.4, 0.5) is 0 Å². The second-order valence-corrected chi connectivity index (χ2v) is 12.3. The van der Waals surface area contributed by atoms with Crippen molar-refractivity contribution in [1.29, 1.82) is 0 Å². The molecule has 0 heterocycles. The van der Waals surface area contributed by atoms with Crippen molar-refractivity contribution in [3.05, 3.63) is 29.8 Å². The molecular weight excluding hydrogens is 380 g/mol. The van der Waals surface area contributed by atoms with Gasteiger partial charge in [-0.25, -0.2) is 16.8 Å². The molecule has 0 spiro atoms. The van der Waals surface area contributed by atoms with Gasteiger partial charge in [-0.05, 0) is 65.8 Å². The highest BCUT2D eigenvalue weighted by molar-refractivity contribution is 8.31. The lowest BCUT2D eigenvalue weighted by atomic mass is 9.97. The number of carbonyl (C=O) groups excluding carboxylic acids is 1. The van der Waals surface area contributed by atoms with E-state index in [0.29, 0.717) is 0 Å². The molecule has 0 saturated carbocycles. The molecular formula is C16H22N2O6S2. The van der Waals surface area contributed by atoms with Gasteiger partial charge in [0, 0.05) is 0 Å². The van der Waals surface area contributed by atoms with Crippen LogP contribution in [0.2, 0.25) is 0 Å². The third-order valence-electron chi connectivity index (χ3n) is 3.30. The third-order valence-corrected chi connectivity index (χ3v) is 8.21. The molecule has 8 nitrogen and oxygen atoms in total. The van der Waals surface area contributed by atoms with Gasteiger partial charge < -0.3 is 10.3 Å². The summed E-state index contributed by atoms with van der Waals surface area (Å²) in [5.74, 6) is -0.411. The first-order valence-corrected chi connectivity index (χ1v) is 10.6. The second-order valence-electron chi connectivity index (χ2n) is 7.60. The van der Waals surface area contributed by atoms with Crippen molar-refractivity contribution in [1.82, 2.24) is 0 Å². The smallest absolute Gasteiger partial charge is 0.426 e. The summed E-state index contributed by atoms with van der Waals surface area (Å²) in [6.07, 6.45) is 0. The fraction of sp³-hybridized carbons (Fsp3) is 0.500. The monoisotopic (exact) mass is 402 g/mol. The molecule has 1 rings (SSSR count). The Labute approximate surface area is 153 Å². The Morgan fingerprint density at radius 1 is 0.962 bits per heavy atom. The lowest BCUT2D eigenvalue weighted by Gasteiger charge is -2.16. The lowest BCUT2D eigenvalue weighted by Crippen LogP contribution is -2.39. The molecule has 1 aromatic carbocycles. The minimum absolute atomic E-state index is 0.102. The highest BCUT2D eigenvalue weighted by Crippen LogP contribution is 2.25. The molecule has 0 aromatic heterocycles. The number of ether oxygens (including phenoxy) is 1. The molecule has 26 heavy (non-hydrogen) atoms. The summed E-state index contributed by atoms with van der Waals surface area (Å²) in [5, 5.41) is 0. The number of rotatable bonds is 2. The van der Waals surface area contributed by atoms with Crippen LogP contribution in [0.1, 0.15) is 41.5 Å². The number of benzene rings is 1. The van der Waals surface area contributed by atoms with Crippen LogP contribution in [-0.2, 0) is 24.5 Å². The van der Waals surface area contributed by atoms with Crippen molar-refractivity contribution in [3.63, 3.8) is 0 Å². The second kappa shape index (κ2) is 6.94. The first kappa shape index (κ1) is 22.0. The first-order chi connectivity index (χ1) is 11.5. The molecule has 0 saturated heterocycles. The van der Waals surface area contributed by atoms with Crippen LogP contribution < -0.4 is 4.74 Å². The molecule has 0 atom stereocenters. The predicted octanol–water partition coefficient (Wildman–Crippen LogP) is 2.21. The summed E-state index contributed by atoms with van der Waals surface area (Å²) in [6.45, 7) is 8.86. The molecule has 0 amide bonds. The van der Waals surface area contributed by atoms with Crippen molar-refractivity contribution >= 4 is 30.0 Å². The van der Waals surface area contributed by atoms with E-state index in [9.17, 15) is 21.6 Å². The van der Waals surface area contributed by atoms with E-state index in [1.54, 1.807) is 20.8 Å². The summed E-state index contributed by atoms with van der Waals surface area (Å²) in [6, 6.07) is 4.58. The quantitative estimate of drug-likeness (QED) is 0.186. The van der Waals surface area contributed by atoms with Crippen LogP contribution in [-0.4, -0.2) is 36.7 Å². The van der Waals surface area contributed by atoms with Crippen LogP contribution in [0.15, 0.2) is 29.2 Å². The van der Waals surface area contributed by atoms with E-state index in [1.807, 2.05) is 0 Å². The van der Waals surface area contributed by atoms with E-state index in [4.69, 9.17) is 10.3 Å². The number of hydrogen-bond donors (Lipinski definition) is 0. The van der Waals surface area contributed by atoms with Gasteiger partial charge in [0.1, 0.15) is 5.75 Å². The van der Waals surface area contributed by atoms with Crippen molar-refractivity contribution in [2.24, 2.45) is 5.41 Å². The molecule has 0 aliphatic heterocycles. The van der Waals surface area contributed by atoms with E-state index in [0.717, 1.165) is 12.1 Å². The zero-order chi connectivity index (χ0) is 20.6. The molecule has 0 radical (unpaired) electrons. The van der Waals surface area contributed by atoms with Crippen LogP contribution in [0.3, 0.4) is 0 Å². The Hall–Kier alpha value is -2.03. The maximum atomic E-state index is 12.6. The van der Waals surface area contributed by atoms with Gasteiger partial charge in [-0.2, -0.15) is 0 Å². The average Bonchev–Trinajstić information content (AvgIpc) is 2.45. The molecule has 0 fully saturated rings. The topological polar surface area (TPSA) is 131 Å². The van der Waals surface area contributed by atoms with E-state index in [2.05, 4.69) is 4.79 Å². The summed E-state index contributed by atoms with van der Waals surface area (Å²) < 4.78 is 52.2. The summed E-state index contributed by atoms with van der Waals surface area (Å²) in [7, 11) is -9.01. The van der Waals surface area contributed by atoms with E-state index < -0.39 is 45.1 Å². The van der Waals surface area contributed by atoms with E-state index >= 15 is 0 Å². The Balaban J connectivity index is 3.31. The predicted molar refractivity (Wildman–Crippen MR) is 96.0 cm³/mol. The van der Waals surface area contributed by atoms with E-state index in [-0.39, 0.29) is 5.75 Å². The summed E-state index contributed by atoms with van der Waals surface area (Å²) in [4.78, 5) is 14.0. The van der Waals surface area contributed by atoms with Gasteiger partial charge in [0.2, 0.25) is 0 Å². The minimum atomic E-state index is -4.59. The average molecular weight is 402 g/mol. The molecule has 10 heteroatoms. The molecule has 144 valence electrons.